The minimum atomic E-state index is 0.861. The van der Waals surface area contributed by atoms with E-state index in [2.05, 4.69) is 15.2 Å². The summed E-state index contributed by atoms with van der Waals surface area (Å²) in [4.78, 5) is 3.01. The molecular weight excluding hydrogens is 126 g/mol. The van der Waals surface area contributed by atoms with Crippen LogP contribution in [0.2, 0.25) is 0 Å². The van der Waals surface area contributed by atoms with Crippen molar-refractivity contribution in [2.24, 2.45) is 0 Å². The van der Waals surface area contributed by atoms with Crippen LogP contribution in [0, 0.1) is 6.92 Å². The van der Waals surface area contributed by atoms with E-state index >= 15 is 0 Å². The maximum absolute atomic E-state index is 3.90. The topological polar surface area (TPSA) is 41.6 Å². The Morgan fingerprint density at radius 1 is 1.50 bits per heavy atom. The first kappa shape index (κ1) is 5.41. The normalized spacial score (nSPS) is 10.5. The van der Waals surface area contributed by atoms with E-state index in [1.807, 2.05) is 19.2 Å². The van der Waals surface area contributed by atoms with Crippen LogP contribution >= 0.6 is 0 Å². The Morgan fingerprint density at radius 3 is 3.20 bits per heavy atom. The molecule has 10 heavy (non-hydrogen) atoms. The first-order valence-electron chi connectivity index (χ1n) is 3.13. The predicted octanol–water partition coefficient (Wildman–Crippen LogP) is 1.27. The number of fused-ring (bicyclic) bond motifs is 1. The van der Waals surface area contributed by atoms with Crippen LogP contribution in [-0.2, 0) is 0 Å². The lowest BCUT2D eigenvalue weighted by atomic mass is 10.3. The lowest BCUT2D eigenvalue weighted by Crippen LogP contribution is -1.78. The second kappa shape index (κ2) is 1.80. The van der Waals surface area contributed by atoms with Gasteiger partial charge in [-0.2, -0.15) is 5.10 Å². The molecule has 0 saturated heterocycles. The lowest BCUT2D eigenvalue weighted by molar-refractivity contribution is 1.06. The Bertz CT molecular complexity index is 350. The molecule has 0 aliphatic rings. The molecular formula is C7H7N3. The summed E-state index contributed by atoms with van der Waals surface area (Å²) in [7, 11) is 0. The van der Waals surface area contributed by atoms with Gasteiger partial charge in [0.25, 0.3) is 0 Å². The molecule has 0 unspecified atom stereocenters. The standard InChI is InChI=1S/C7H7N3/c1-5-4-8-7-6(5)2-3-9-10-7/h2-4H,1H3,(H,8,10). The molecule has 0 amide bonds. The predicted molar refractivity (Wildman–Crippen MR) is 38.6 cm³/mol. The largest absolute Gasteiger partial charge is 0.344 e. The third-order valence-electron chi connectivity index (χ3n) is 1.57. The molecule has 0 aromatic carbocycles. The van der Waals surface area contributed by atoms with Gasteiger partial charge in [0, 0.05) is 11.6 Å². The van der Waals surface area contributed by atoms with Gasteiger partial charge >= 0.3 is 0 Å². The third kappa shape index (κ3) is 0.603. The van der Waals surface area contributed by atoms with Gasteiger partial charge in [0.15, 0.2) is 5.65 Å². The number of nitrogens with one attached hydrogen (secondary N) is 1. The SMILES string of the molecule is Cc1c[nH]c2nnccc12. The monoisotopic (exact) mass is 133 g/mol. The molecule has 0 atom stereocenters. The summed E-state index contributed by atoms with van der Waals surface area (Å²) in [5.41, 5.74) is 2.07. The van der Waals surface area contributed by atoms with Crippen LogP contribution in [0.25, 0.3) is 11.0 Å². The second-order valence-corrected chi connectivity index (χ2v) is 2.27. The first-order valence-corrected chi connectivity index (χ1v) is 3.13. The number of aromatic nitrogens is 3. The van der Waals surface area contributed by atoms with Crippen molar-refractivity contribution in [2.75, 3.05) is 0 Å². The molecule has 2 heterocycles. The third-order valence-corrected chi connectivity index (χ3v) is 1.57. The summed E-state index contributed by atoms with van der Waals surface area (Å²) in [6, 6.07) is 1.95. The molecule has 2 aromatic heterocycles. The molecule has 3 heteroatoms. The van der Waals surface area contributed by atoms with Crippen LogP contribution < -0.4 is 0 Å². The zero-order valence-corrected chi connectivity index (χ0v) is 5.63. The van der Waals surface area contributed by atoms with Crippen molar-refractivity contribution in [1.82, 2.24) is 15.2 Å². The molecule has 3 nitrogen and oxygen atoms in total. The van der Waals surface area contributed by atoms with Gasteiger partial charge in [0.05, 0.1) is 6.20 Å². The number of nitrogens with zero attached hydrogens (tertiary/aromatic N) is 2. The molecule has 1 N–H and O–H groups in total. The van der Waals surface area contributed by atoms with E-state index in [0.29, 0.717) is 0 Å². The Morgan fingerprint density at radius 2 is 2.40 bits per heavy atom. The average Bonchev–Trinajstić information content (AvgIpc) is 2.34. The van der Waals surface area contributed by atoms with Crippen molar-refractivity contribution in [1.29, 1.82) is 0 Å². The van der Waals surface area contributed by atoms with Crippen molar-refractivity contribution >= 4 is 11.0 Å². The van der Waals surface area contributed by atoms with E-state index in [1.165, 1.54) is 5.56 Å². The van der Waals surface area contributed by atoms with Crippen LogP contribution in [0.3, 0.4) is 0 Å². The fourth-order valence-electron chi connectivity index (χ4n) is 1.01. The fraction of sp³-hybridized carbons (Fsp3) is 0.143. The molecule has 0 spiro atoms. The average molecular weight is 133 g/mol. The van der Waals surface area contributed by atoms with E-state index in [-0.39, 0.29) is 0 Å². The van der Waals surface area contributed by atoms with Crippen LogP contribution in [0.4, 0.5) is 0 Å². The van der Waals surface area contributed by atoms with Gasteiger partial charge in [-0.05, 0) is 18.6 Å². The Hall–Kier alpha value is -1.38. The van der Waals surface area contributed by atoms with E-state index in [4.69, 9.17) is 0 Å². The summed E-state index contributed by atoms with van der Waals surface area (Å²) < 4.78 is 0. The van der Waals surface area contributed by atoms with Crippen LogP contribution in [-0.4, -0.2) is 15.2 Å². The molecule has 0 aliphatic carbocycles. The Kier molecular flexibility index (Phi) is 0.974. The van der Waals surface area contributed by atoms with Crippen molar-refractivity contribution < 1.29 is 0 Å². The molecule has 2 aromatic rings. The van der Waals surface area contributed by atoms with Crippen LogP contribution in [0.1, 0.15) is 5.56 Å². The van der Waals surface area contributed by atoms with Gasteiger partial charge in [0.1, 0.15) is 0 Å². The van der Waals surface area contributed by atoms with E-state index < -0.39 is 0 Å². The van der Waals surface area contributed by atoms with Gasteiger partial charge < -0.3 is 4.98 Å². The summed E-state index contributed by atoms with van der Waals surface area (Å²) in [6.45, 7) is 2.04. The number of aromatic amines is 1. The van der Waals surface area contributed by atoms with Gasteiger partial charge in [0.2, 0.25) is 0 Å². The molecule has 0 radical (unpaired) electrons. The highest BCUT2D eigenvalue weighted by Crippen LogP contribution is 2.11. The molecule has 50 valence electrons. The fourth-order valence-corrected chi connectivity index (χ4v) is 1.01. The molecule has 0 bridgehead atoms. The zero-order valence-electron chi connectivity index (χ0n) is 5.63. The van der Waals surface area contributed by atoms with Gasteiger partial charge in [-0.15, -0.1) is 5.10 Å². The van der Waals surface area contributed by atoms with Crippen molar-refractivity contribution in [3.63, 3.8) is 0 Å². The van der Waals surface area contributed by atoms with Gasteiger partial charge in [-0.3, -0.25) is 0 Å². The van der Waals surface area contributed by atoms with Gasteiger partial charge in [-0.1, -0.05) is 0 Å². The number of hydrogen-bond donors (Lipinski definition) is 1. The number of rotatable bonds is 0. The van der Waals surface area contributed by atoms with Crippen LogP contribution in [0.5, 0.6) is 0 Å². The maximum atomic E-state index is 3.90. The molecule has 0 aliphatic heterocycles. The minimum Gasteiger partial charge on any atom is -0.344 e. The summed E-state index contributed by atoms with van der Waals surface area (Å²) in [5, 5.41) is 8.79. The van der Waals surface area contributed by atoms with Crippen molar-refractivity contribution in [2.45, 2.75) is 6.92 Å². The van der Waals surface area contributed by atoms with E-state index in [1.54, 1.807) is 6.20 Å². The number of aryl methyl sites for hydroxylation is 1. The molecule has 0 saturated carbocycles. The van der Waals surface area contributed by atoms with E-state index in [0.717, 1.165) is 11.0 Å². The highest BCUT2D eigenvalue weighted by molar-refractivity contribution is 5.78. The summed E-state index contributed by atoms with van der Waals surface area (Å²) in [5.74, 6) is 0. The van der Waals surface area contributed by atoms with E-state index in [9.17, 15) is 0 Å². The Balaban J connectivity index is 2.93. The summed E-state index contributed by atoms with van der Waals surface area (Å²) in [6.07, 6.45) is 3.63. The lowest BCUT2D eigenvalue weighted by Gasteiger charge is -1.84. The van der Waals surface area contributed by atoms with Crippen LogP contribution in [0.15, 0.2) is 18.5 Å². The number of H-pyrrole nitrogens is 1. The minimum absolute atomic E-state index is 0.861. The molecule has 2 rings (SSSR count). The summed E-state index contributed by atoms with van der Waals surface area (Å²) >= 11 is 0. The number of hydrogen-bond acceptors (Lipinski definition) is 2. The highest BCUT2D eigenvalue weighted by Gasteiger charge is 1.96. The van der Waals surface area contributed by atoms with Crippen molar-refractivity contribution in [3.8, 4) is 0 Å². The maximum Gasteiger partial charge on any atom is 0.160 e. The zero-order chi connectivity index (χ0) is 6.97. The highest BCUT2D eigenvalue weighted by atomic mass is 15.1. The smallest absolute Gasteiger partial charge is 0.160 e. The second-order valence-electron chi connectivity index (χ2n) is 2.27. The first-order chi connectivity index (χ1) is 4.88. The molecule has 0 fully saturated rings. The van der Waals surface area contributed by atoms with Gasteiger partial charge in [-0.25, -0.2) is 0 Å². The Labute approximate surface area is 58.1 Å². The quantitative estimate of drug-likeness (QED) is 0.588. The van der Waals surface area contributed by atoms with Crippen molar-refractivity contribution in [3.05, 3.63) is 24.0 Å².